The van der Waals surface area contributed by atoms with Crippen molar-refractivity contribution < 1.29 is 13.9 Å². The molecule has 0 fully saturated rings. The topological polar surface area (TPSA) is 44.5 Å². The Morgan fingerprint density at radius 3 is 2.55 bits per heavy atom. The Morgan fingerprint density at radius 1 is 1.10 bits per heavy atom. The lowest BCUT2D eigenvalue weighted by Gasteiger charge is -2.10. The second kappa shape index (κ2) is 6.48. The summed E-state index contributed by atoms with van der Waals surface area (Å²) in [6.45, 7) is 2.62. The van der Waals surface area contributed by atoms with Crippen molar-refractivity contribution in [2.45, 2.75) is 13.3 Å². The molecule has 2 N–H and O–H groups in total. The van der Waals surface area contributed by atoms with E-state index < -0.39 is 5.82 Å². The smallest absolute Gasteiger partial charge is 0.142 e. The molecule has 106 valence electrons. The lowest BCUT2D eigenvalue weighted by Crippen LogP contribution is -1.97. The van der Waals surface area contributed by atoms with Crippen LogP contribution in [0.3, 0.4) is 0 Å². The molecule has 0 aromatic heterocycles. The molecule has 3 nitrogen and oxygen atoms in total. The third kappa shape index (κ3) is 3.78. The predicted octanol–water partition coefficient (Wildman–Crippen LogP) is 4.64. The van der Waals surface area contributed by atoms with E-state index in [-0.39, 0.29) is 5.02 Å². The standard InChI is InChI=1S/C15H15ClFNO2/c1-2-5-19-12-6-10(18)7-13(8-12)20-11-3-4-15(17)14(16)9-11/h3-4,6-9H,2,5,18H2,1H3. The molecule has 20 heavy (non-hydrogen) atoms. The molecule has 0 amide bonds. The van der Waals surface area contributed by atoms with E-state index in [0.29, 0.717) is 29.5 Å². The van der Waals surface area contributed by atoms with Crippen LogP contribution in [0.5, 0.6) is 17.2 Å². The summed E-state index contributed by atoms with van der Waals surface area (Å²) in [6.07, 6.45) is 0.901. The molecule has 2 aromatic rings. The first-order chi connectivity index (χ1) is 9.58. The van der Waals surface area contributed by atoms with Crippen molar-refractivity contribution >= 4 is 17.3 Å². The maximum atomic E-state index is 13.1. The molecule has 0 aliphatic carbocycles. The first-order valence-corrected chi connectivity index (χ1v) is 6.62. The predicted molar refractivity (Wildman–Crippen MR) is 78.1 cm³/mol. The molecular formula is C15H15ClFNO2. The van der Waals surface area contributed by atoms with Gasteiger partial charge in [0.2, 0.25) is 0 Å². The van der Waals surface area contributed by atoms with E-state index in [4.69, 9.17) is 26.8 Å². The van der Waals surface area contributed by atoms with Gasteiger partial charge in [0.25, 0.3) is 0 Å². The van der Waals surface area contributed by atoms with E-state index in [1.54, 1.807) is 18.2 Å². The summed E-state index contributed by atoms with van der Waals surface area (Å²) in [5.41, 5.74) is 6.32. The normalized spacial score (nSPS) is 10.3. The summed E-state index contributed by atoms with van der Waals surface area (Å²) in [7, 11) is 0. The number of ether oxygens (including phenoxy) is 2. The first-order valence-electron chi connectivity index (χ1n) is 6.24. The lowest BCUT2D eigenvalue weighted by molar-refractivity contribution is 0.316. The second-order valence-electron chi connectivity index (χ2n) is 4.26. The minimum atomic E-state index is -0.487. The largest absolute Gasteiger partial charge is 0.493 e. The van der Waals surface area contributed by atoms with Crippen LogP contribution < -0.4 is 15.2 Å². The Kier molecular flexibility index (Phi) is 4.69. The van der Waals surface area contributed by atoms with Crippen LogP contribution in [0.1, 0.15) is 13.3 Å². The van der Waals surface area contributed by atoms with E-state index in [1.807, 2.05) is 6.92 Å². The molecule has 0 aliphatic rings. The maximum Gasteiger partial charge on any atom is 0.142 e. The number of halogens is 2. The number of benzene rings is 2. The SMILES string of the molecule is CCCOc1cc(N)cc(Oc2ccc(F)c(Cl)c2)c1. The summed E-state index contributed by atoms with van der Waals surface area (Å²) in [6, 6.07) is 9.27. The summed E-state index contributed by atoms with van der Waals surface area (Å²) < 4.78 is 24.2. The average Bonchev–Trinajstić information content (AvgIpc) is 2.40. The molecule has 0 unspecified atom stereocenters. The molecular weight excluding hydrogens is 281 g/mol. The van der Waals surface area contributed by atoms with Gasteiger partial charge in [-0.1, -0.05) is 18.5 Å². The van der Waals surface area contributed by atoms with E-state index in [2.05, 4.69) is 0 Å². The van der Waals surface area contributed by atoms with Crippen LogP contribution in [0.2, 0.25) is 5.02 Å². The van der Waals surface area contributed by atoms with Crippen LogP contribution >= 0.6 is 11.6 Å². The minimum absolute atomic E-state index is 0.00820. The molecule has 2 rings (SSSR count). The maximum absolute atomic E-state index is 13.1. The summed E-state index contributed by atoms with van der Waals surface area (Å²) in [5.74, 6) is 1.09. The monoisotopic (exact) mass is 295 g/mol. The molecule has 0 atom stereocenters. The molecule has 5 heteroatoms. The fourth-order valence-corrected chi connectivity index (χ4v) is 1.80. The summed E-state index contributed by atoms with van der Waals surface area (Å²) in [4.78, 5) is 0. The van der Waals surface area contributed by atoms with Crippen LogP contribution in [0.15, 0.2) is 36.4 Å². The molecule has 0 spiro atoms. The van der Waals surface area contributed by atoms with Gasteiger partial charge in [0, 0.05) is 30.0 Å². The zero-order chi connectivity index (χ0) is 14.5. The highest BCUT2D eigenvalue weighted by atomic mass is 35.5. The molecule has 0 bridgehead atoms. The number of nitrogen functional groups attached to an aromatic ring is 1. The fourth-order valence-electron chi connectivity index (χ4n) is 1.63. The first kappa shape index (κ1) is 14.5. The zero-order valence-electron chi connectivity index (χ0n) is 11.0. The van der Waals surface area contributed by atoms with Gasteiger partial charge in [0.05, 0.1) is 11.6 Å². The Labute approximate surface area is 122 Å². The van der Waals surface area contributed by atoms with E-state index in [0.717, 1.165) is 6.42 Å². The highest BCUT2D eigenvalue weighted by Gasteiger charge is 2.05. The number of nitrogens with two attached hydrogens (primary N) is 1. The van der Waals surface area contributed by atoms with Gasteiger partial charge in [-0.2, -0.15) is 0 Å². The van der Waals surface area contributed by atoms with Crippen molar-refractivity contribution in [1.29, 1.82) is 0 Å². The Balaban J connectivity index is 2.19. The third-order valence-corrected chi connectivity index (χ3v) is 2.79. The highest BCUT2D eigenvalue weighted by Crippen LogP contribution is 2.30. The van der Waals surface area contributed by atoms with Gasteiger partial charge in [0.15, 0.2) is 0 Å². The Morgan fingerprint density at radius 2 is 1.85 bits per heavy atom. The average molecular weight is 296 g/mol. The van der Waals surface area contributed by atoms with Gasteiger partial charge in [-0.15, -0.1) is 0 Å². The second-order valence-corrected chi connectivity index (χ2v) is 4.67. The van der Waals surface area contributed by atoms with Crippen LogP contribution in [0, 0.1) is 5.82 Å². The Bertz CT molecular complexity index is 604. The highest BCUT2D eigenvalue weighted by molar-refractivity contribution is 6.30. The number of hydrogen-bond acceptors (Lipinski definition) is 3. The summed E-state index contributed by atoms with van der Waals surface area (Å²) in [5, 5.41) is 0.00820. The van der Waals surface area contributed by atoms with Gasteiger partial charge >= 0.3 is 0 Å². The van der Waals surface area contributed by atoms with Crippen LogP contribution in [0.25, 0.3) is 0 Å². The van der Waals surface area contributed by atoms with Crippen LogP contribution in [-0.4, -0.2) is 6.61 Å². The van der Waals surface area contributed by atoms with Crippen molar-refractivity contribution in [3.8, 4) is 17.2 Å². The van der Waals surface area contributed by atoms with Crippen molar-refractivity contribution in [1.82, 2.24) is 0 Å². The van der Waals surface area contributed by atoms with E-state index >= 15 is 0 Å². The van der Waals surface area contributed by atoms with Gasteiger partial charge in [-0.25, -0.2) is 4.39 Å². The lowest BCUT2D eigenvalue weighted by atomic mass is 10.2. The summed E-state index contributed by atoms with van der Waals surface area (Å²) >= 11 is 5.71. The molecule has 0 radical (unpaired) electrons. The van der Waals surface area contributed by atoms with Gasteiger partial charge in [0.1, 0.15) is 23.1 Å². The molecule has 0 saturated carbocycles. The van der Waals surface area contributed by atoms with Crippen LogP contribution in [-0.2, 0) is 0 Å². The molecule has 0 saturated heterocycles. The van der Waals surface area contributed by atoms with Crippen molar-refractivity contribution in [3.05, 3.63) is 47.2 Å². The van der Waals surface area contributed by atoms with Crippen molar-refractivity contribution in [3.63, 3.8) is 0 Å². The number of hydrogen-bond donors (Lipinski definition) is 1. The zero-order valence-corrected chi connectivity index (χ0v) is 11.8. The van der Waals surface area contributed by atoms with Gasteiger partial charge in [-0.05, 0) is 18.6 Å². The van der Waals surface area contributed by atoms with Crippen molar-refractivity contribution in [2.24, 2.45) is 0 Å². The van der Waals surface area contributed by atoms with Gasteiger partial charge < -0.3 is 15.2 Å². The van der Waals surface area contributed by atoms with Crippen molar-refractivity contribution in [2.75, 3.05) is 12.3 Å². The fraction of sp³-hybridized carbons (Fsp3) is 0.200. The quantitative estimate of drug-likeness (QED) is 0.817. The van der Waals surface area contributed by atoms with Gasteiger partial charge in [-0.3, -0.25) is 0 Å². The Hall–Kier alpha value is -1.94. The number of anilines is 1. The molecule has 0 heterocycles. The van der Waals surface area contributed by atoms with Crippen LogP contribution in [0.4, 0.5) is 10.1 Å². The molecule has 0 aliphatic heterocycles. The van der Waals surface area contributed by atoms with E-state index in [1.165, 1.54) is 18.2 Å². The minimum Gasteiger partial charge on any atom is -0.493 e. The molecule has 2 aromatic carbocycles. The van der Waals surface area contributed by atoms with E-state index in [9.17, 15) is 4.39 Å². The third-order valence-electron chi connectivity index (χ3n) is 2.50. The number of rotatable bonds is 5.